The number of pyridine rings is 2. The molecule has 1 saturated heterocycles. The minimum Gasteiger partial charge on any atom is -0.470 e. The van der Waals surface area contributed by atoms with Gasteiger partial charge < -0.3 is 19.9 Å². The number of hydrogen-bond donors (Lipinski definition) is 2. The molecule has 0 spiro atoms. The highest BCUT2D eigenvalue weighted by molar-refractivity contribution is 5.93. The number of anilines is 1. The number of carbonyl (C=O) groups excluding carboxylic acids is 1. The van der Waals surface area contributed by atoms with Crippen molar-refractivity contribution in [2.75, 3.05) is 18.4 Å². The van der Waals surface area contributed by atoms with E-state index in [-0.39, 0.29) is 23.6 Å². The monoisotopic (exact) mass is 382 g/mol. The number of aromatic amines is 1. The molecule has 1 unspecified atom stereocenters. The number of carbonyl (C=O) groups is 1. The molecule has 3 aromatic rings. The van der Waals surface area contributed by atoms with Crippen LogP contribution in [0.25, 0.3) is 10.8 Å². The van der Waals surface area contributed by atoms with Crippen LogP contribution in [0, 0.1) is 5.82 Å². The first-order valence-electron chi connectivity index (χ1n) is 9.05. The van der Waals surface area contributed by atoms with Gasteiger partial charge in [0, 0.05) is 30.0 Å². The fourth-order valence-electron chi connectivity index (χ4n) is 3.30. The summed E-state index contributed by atoms with van der Waals surface area (Å²) in [7, 11) is 0. The number of ether oxygens (including phenoxy) is 1. The molecule has 3 heterocycles. The Morgan fingerprint density at radius 3 is 3.07 bits per heavy atom. The highest BCUT2D eigenvalue weighted by Gasteiger charge is 2.26. The molecule has 1 aromatic carbocycles. The third kappa shape index (κ3) is 3.80. The summed E-state index contributed by atoms with van der Waals surface area (Å²) in [6, 6.07) is 9.47. The fraction of sp³-hybridized carbons (Fsp3) is 0.250. The molecule has 1 fully saturated rings. The number of fused-ring (bicyclic) bond motifs is 1. The lowest BCUT2D eigenvalue weighted by Crippen LogP contribution is -2.46. The van der Waals surface area contributed by atoms with E-state index in [9.17, 15) is 14.0 Å². The number of aromatic nitrogens is 2. The summed E-state index contributed by atoms with van der Waals surface area (Å²) in [5.41, 5.74) is 0.324. The molecule has 0 aliphatic carbocycles. The molecule has 7 nitrogen and oxygen atoms in total. The number of hydrogen-bond acceptors (Lipinski definition) is 4. The van der Waals surface area contributed by atoms with Crippen molar-refractivity contribution in [1.82, 2.24) is 14.9 Å². The first-order chi connectivity index (χ1) is 13.6. The van der Waals surface area contributed by atoms with E-state index in [4.69, 9.17) is 4.74 Å². The van der Waals surface area contributed by atoms with Gasteiger partial charge in [-0.25, -0.2) is 14.2 Å². The van der Waals surface area contributed by atoms with E-state index in [1.165, 1.54) is 18.3 Å². The van der Waals surface area contributed by atoms with Gasteiger partial charge in [-0.15, -0.1) is 0 Å². The number of urea groups is 1. The fourth-order valence-corrected chi connectivity index (χ4v) is 3.30. The molecular formula is C20H19FN4O3. The average Bonchev–Trinajstić information content (AvgIpc) is 2.71. The Morgan fingerprint density at radius 2 is 2.21 bits per heavy atom. The van der Waals surface area contributed by atoms with Gasteiger partial charge in [0.2, 0.25) is 0 Å². The van der Waals surface area contributed by atoms with Crippen LogP contribution in [-0.4, -0.2) is 40.1 Å². The van der Waals surface area contributed by atoms with Gasteiger partial charge >= 0.3 is 6.03 Å². The van der Waals surface area contributed by atoms with Gasteiger partial charge in [-0.05, 0) is 48.6 Å². The van der Waals surface area contributed by atoms with Crippen LogP contribution in [0.2, 0.25) is 0 Å². The van der Waals surface area contributed by atoms with Gasteiger partial charge in [-0.1, -0.05) is 6.07 Å². The maximum absolute atomic E-state index is 13.7. The number of likely N-dealkylation sites (tertiary alicyclic amines) is 1. The zero-order chi connectivity index (χ0) is 19.5. The van der Waals surface area contributed by atoms with E-state index in [0.29, 0.717) is 30.6 Å². The van der Waals surface area contributed by atoms with E-state index in [0.717, 1.165) is 11.8 Å². The predicted octanol–water partition coefficient (Wildman–Crippen LogP) is 3.14. The van der Waals surface area contributed by atoms with Crippen molar-refractivity contribution in [1.29, 1.82) is 0 Å². The molecule has 2 N–H and O–H groups in total. The number of nitrogens with zero attached hydrogens (tertiary/aromatic N) is 2. The zero-order valence-electron chi connectivity index (χ0n) is 15.0. The van der Waals surface area contributed by atoms with Crippen LogP contribution in [0.3, 0.4) is 0 Å². The summed E-state index contributed by atoms with van der Waals surface area (Å²) in [6.45, 7) is 0.903. The number of halogens is 1. The van der Waals surface area contributed by atoms with Crippen molar-refractivity contribution in [3.05, 3.63) is 65.0 Å². The zero-order valence-corrected chi connectivity index (χ0v) is 15.0. The topological polar surface area (TPSA) is 87.3 Å². The number of amides is 2. The molecule has 1 aliphatic heterocycles. The molecule has 1 aliphatic rings. The number of rotatable bonds is 3. The van der Waals surface area contributed by atoms with Crippen LogP contribution >= 0.6 is 0 Å². The molecule has 28 heavy (non-hydrogen) atoms. The van der Waals surface area contributed by atoms with Crippen LogP contribution in [0.15, 0.2) is 53.6 Å². The minimum absolute atomic E-state index is 0.0523. The standard InChI is InChI=1S/C20H19FN4O3/c21-17-4-1-8-23-19(17)28-15-3-2-10-25(12-15)20(27)24-14-6-5-13-7-9-22-18(26)16(13)11-14/h1,4-9,11,15H,2-3,10,12H2,(H,22,26)(H,24,27). The minimum atomic E-state index is -0.523. The van der Waals surface area contributed by atoms with Gasteiger partial charge in [0.1, 0.15) is 6.10 Å². The molecule has 8 heteroatoms. The second-order valence-corrected chi connectivity index (χ2v) is 6.66. The van der Waals surface area contributed by atoms with Crippen molar-refractivity contribution in [3.8, 4) is 5.88 Å². The van der Waals surface area contributed by atoms with Crippen LogP contribution in [0.1, 0.15) is 12.8 Å². The molecule has 1 atom stereocenters. The van der Waals surface area contributed by atoms with Gasteiger partial charge in [0.25, 0.3) is 11.4 Å². The molecular weight excluding hydrogens is 363 g/mol. The summed E-state index contributed by atoms with van der Waals surface area (Å²) in [5, 5.41) is 4.12. The number of H-pyrrole nitrogens is 1. The van der Waals surface area contributed by atoms with Gasteiger partial charge in [-0.3, -0.25) is 4.79 Å². The number of benzene rings is 1. The lowest BCUT2D eigenvalue weighted by Gasteiger charge is -2.32. The molecule has 2 aromatic heterocycles. The number of nitrogens with one attached hydrogen (secondary N) is 2. The smallest absolute Gasteiger partial charge is 0.321 e. The first kappa shape index (κ1) is 18.0. The summed E-state index contributed by atoms with van der Waals surface area (Å²) < 4.78 is 19.4. The SMILES string of the molecule is O=C(Nc1ccc2cc[nH]c(=O)c2c1)N1CCCC(Oc2ncccc2F)C1. The van der Waals surface area contributed by atoms with E-state index in [2.05, 4.69) is 15.3 Å². The predicted molar refractivity (Wildman–Crippen MR) is 103 cm³/mol. The van der Waals surface area contributed by atoms with E-state index in [1.807, 2.05) is 0 Å². The van der Waals surface area contributed by atoms with Gasteiger partial charge in [-0.2, -0.15) is 0 Å². The average molecular weight is 382 g/mol. The molecule has 2 amide bonds. The maximum atomic E-state index is 13.7. The van der Waals surface area contributed by atoms with Gasteiger partial charge in [0.15, 0.2) is 5.82 Å². The highest BCUT2D eigenvalue weighted by atomic mass is 19.1. The lowest BCUT2D eigenvalue weighted by atomic mass is 10.1. The second kappa shape index (κ2) is 7.67. The first-order valence-corrected chi connectivity index (χ1v) is 9.05. The Hall–Kier alpha value is -3.42. The van der Waals surface area contributed by atoms with Crippen LogP contribution in [0.5, 0.6) is 5.88 Å². The molecule has 0 saturated carbocycles. The Morgan fingerprint density at radius 1 is 1.32 bits per heavy atom. The van der Waals surface area contributed by atoms with Crippen molar-refractivity contribution >= 4 is 22.5 Å². The van der Waals surface area contributed by atoms with Gasteiger partial charge in [0.05, 0.1) is 6.54 Å². The summed E-state index contributed by atoms with van der Waals surface area (Å²) in [4.78, 5) is 32.7. The summed E-state index contributed by atoms with van der Waals surface area (Å²) >= 11 is 0. The van der Waals surface area contributed by atoms with E-state index < -0.39 is 5.82 Å². The molecule has 144 valence electrons. The van der Waals surface area contributed by atoms with E-state index in [1.54, 1.807) is 35.4 Å². The van der Waals surface area contributed by atoms with Crippen molar-refractivity contribution < 1.29 is 13.9 Å². The van der Waals surface area contributed by atoms with Crippen molar-refractivity contribution in [2.45, 2.75) is 18.9 Å². The Balaban J connectivity index is 1.44. The third-order valence-corrected chi connectivity index (χ3v) is 4.69. The Labute approximate surface area is 160 Å². The van der Waals surface area contributed by atoms with Crippen molar-refractivity contribution in [2.24, 2.45) is 0 Å². The van der Waals surface area contributed by atoms with Crippen LogP contribution < -0.4 is 15.6 Å². The van der Waals surface area contributed by atoms with Crippen LogP contribution in [-0.2, 0) is 0 Å². The highest BCUT2D eigenvalue weighted by Crippen LogP contribution is 2.21. The quantitative estimate of drug-likeness (QED) is 0.729. The largest absolute Gasteiger partial charge is 0.470 e. The molecule has 0 bridgehead atoms. The number of piperidine rings is 1. The van der Waals surface area contributed by atoms with E-state index >= 15 is 0 Å². The Bertz CT molecular complexity index is 1070. The maximum Gasteiger partial charge on any atom is 0.321 e. The third-order valence-electron chi connectivity index (χ3n) is 4.69. The van der Waals surface area contributed by atoms with Crippen LogP contribution in [0.4, 0.5) is 14.9 Å². The molecule has 0 radical (unpaired) electrons. The summed E-state index contributed by atoms with van der Waals surface area (Å²) in [5.74, 6) is -0.575. The normalized spacial score (nSPS) is 16.8. The summed E-state index contributed by atoms with van der Waals surface area (Å²) in [6.07, 6.45) is 4.17. The molecule has 4 rings (SSSR count). The lowest BCUT2D eigenvalue weighted by molar-refractivity contribution is 0.0987. The van der Waals surface area contributed by atoms with Crippen molar-refractivity contribution in [3.63, 3.8) is 0 Å². The second-order valence-electron chi connectivity index (χ2n) is 6.66. The Kier molecular flexibility index (Phi) is 4.92.